The highest BCUT2D eigenvalue weighted by atomic mass is 16.5. The summed E-state index contributed by atoms with van der Waals surface area (Å²) in [5.41, 5.74) is 8.11. The third kappa shape index (κ3) is 6.16. The minimum Gasteiger partial charge on any atom is -0.463 e. The first kappa shape index (κ1) is 19.4. The Kier molecular flexibility index (Phi) is 7.00. The number of aryl methyl sites for hydroxylation is 1. The molecule has 3 atom stereocenters. The molecule has 0 radical (unpaired) electrons. The smallest absolute Gasteiger partial charge is 0.308 e. The maximum atomic E-state index is 12.5. The van der Waals surface area contributed by atoms with Crippen molar-refractivity contribution in [2.24, 2.45) is 11.7 Å². The molecule has 5 heteroatoms. The van der Waals surface area contributed by atoms with Crippen LogP contribution >= 0.6 is 0 Å². The Morgan fingerprint density at radius 2 is 1.92 bits per heavy atom. The standard InChI is InChI=1S/C20H30N2O3/c1-13(2)25-20(24)12-18(15-9-7-14(3)8-10-15)22-19(23)11-16-5-4-6-17(16)21/h7-10,13,16-18H,4-6,11-12,21H2,1-3H3,(H,22,23)/t16-,17+,18?/m0/s1. The van der Waals surface area contributed by atoms with E-state index in [2.05, 4.69) is 5.32 Å². The molecule has 0 heterocycles. The molecule has 0 spiro atoms. The molecule has 1 aromatic rings. The number of hydrogen-bond donors (Lipinski definition) is 2. The molecule has 1 fully saturated rings. The molecular weight excluding hydrogens is 316 g/mol. The van der Waals surface area contributed by atoms with Gasteiger partial charge in [0.15, 0.2) is 0 Å². The minimum absolute atomic E-state index is 0.0507. The second-order valence-corrected chi connectivity index (χ2v) is 7.33. The van der Waals surface area contributed by atoms with E-state index in [1.807, 2.05) is 45.0 Å². The summed E-state index contributed by atoms with van der Waals surface area (Å²) in [4.78, 5) is 24.6. The first-order chi connectivity index (χ1) is 11.8. The van der Waals surface area contributed by atoms with Crippen LogP contribution in [0, 0.1) is 12.8 Å². The van der Waals surface area contributed by atoms with Gasteiger partial charge in [0, 0.05) is 12.5 Å². The summed E-state index contributed by atoms with van der Waals surface area (Å²) in [5, 5.41) is 3.01. The van der Waals surface area contributed by atoms with Crippen LogP contribution in [0.4, 0.5) is 0 Å². The number of benzene rings is 1. The van der Waals surface area contributed by atoms with E-state index in [9.17, 15) is 9.59 Å². The summed E-state index contributed by atoms with van der Waals surface area (Å²) in [6.07, 6.45) is 3.45. The van der Waals surface area contributed by atoms with Crippen LogP contribution < -0.4 is 11.1 Å². The van der Waals surface area contributed by atoms with Gasteiger partial charge < -0.3 is 15.8 Å². The maximum Gasteiger partial charge on any atom is 0.308 e. The van der Waals surface area contributed by atoms with E-state index in [1.165, 1.54) is 0 Å². The lowest BCUT2D eigenvalue weighted by Gasteiger charge is -2.21. The highest BCUT2D eigenvalue weighted by Crippen LogP contribution is 2.27. The number of amides is 1. The van der Waals surface area contributed by atoms with Gasteiger partial charge in [-0.3, -0.25) is 9.59 Å². The van der Waals surface area contributed by atoms with Gasteiger partial charge in [0.05, 0.1) is 18.6 Å². The van der Waals surface area contributed by atoms with Crippen molar-refractivity contribution in [1.29, 1.82) is 0 Å². The molecule has 0 saturated heterocycles. The van der Waals surface area contributed by atoms with Gasteiger partial charge in [-0.2, -0.15) is 0 Å². The second-order valence-electron chi connectivity index (χ2n) is 7.33. The van der Waals surface area contributed by atoms with Crippen LogP contribution in [0.1, 0.15) is 63.1 Å². The van der Waals surface area contributed by atoms with E-state index in [4.69, 9.17) is 10.5 Å². The Bertz CT molecular complexity index is 583. The Hall–Kier alpha value is -1.88. The van der Waals surface area contributed by atoms with Crippen molar-refractivity contribution in [3.8, 4) is 0 Å². The van der Waals surface area contributed by atoms with Gasteiger partial charge in [0.1, 0.15) is 0 Å². The van der Waals surface area contributed by atoms with Gasteiger partial charge in [0.2, 0.25) is 5.91 Å². The van der Waals surface area contributed by atoms with E-state index >= 15 is 0 Å². The summed E-state index contributed by atoms with van der Waals surface area (Å²) >= 11 is 0. The Morgan fingerprint density at radius 1 is 1.24 bits per heavy atom. The number of carbonyl (C=O) groups excluding carboxylic acids is 2. The average molecular weight is 346 g/mol. The van der Waals surface area contributed by atoms with Crippen molar-refractivity contribution >= 4 is 11.9 Å². The van der Waals surface area contributed by atoms with Crippen molar-refractivity contribution in [1.82, 2.24) is 5.32 Å². The Labute approximate surface area is 150 Å². The number of nitrogens with two attached hydrogens (primary N) is 1. The zero-order chi connectivity index (χ0) is 18.4. The molecule has 1 aliphatic rings. The molecule has 3 N–H and O–H groups in total. The van der Waals surface area contributed by atoms with Gasteiger partial charge in [-0.15, -0.1) is 0 Å². The number of nitrogens with one attached hydrogen (secondary N) is 1. The zero-order valence-electron chi connectivity index (χ0n) is 15.5. The SMILES string of the molecule is Cc1ccc(C(CC(=O)OC(C)C)NC(=O)C[C@@H]2CCC[C@H]2N)cc1. The monoisotopic (exact) mass is 346 g/mol. The van der Waals surface area contributed by atoms with Crippen LogP contribution in [-0.2, 0) is 14.3 Å². The van der Waals surface area contributed by atoms with Crippen LogP contribution in [-0.4, -0.2) is 24.0 Å². The normalized spacial score (nSPS) is 21.2. The molecular formula is C20H30N2O3. The van der Waals surface area contributed by atoms with Gasteiger partial charge in [0.25, 0.3) is 0 Å². The van der Waals surface area contributed by atoms with Crippen molar-refractivity contribution in [2.45, 2.75) is 71.1 Å². The van der Waals surface area contributed by atoms with Crippen molar-refractivity contribution < 1.29 is 14.3 Å². The van der Waals surface area contributed by atoms with Gasteiger partial charge in [-0.05, 0) is 45.1 Å². The summed E-state index contributed by atoms with van der Waals surface area (Å²) in [5.74, 6) is -0.120. The fourth-order valence-electron chi connectivity index (χ4n) is 3.34. The lowest BCUT2D eigenvalue weighted by molar-refractivity contribution is -0.148. The lowest BCUT2D eigenvalue weighted by Crippen LogP contribution is -2.35. The minimum atomic E-state index is -0.378. The second kappa shape index (κ2) is 8.99. The first-order valence-corrected chi connectivity index (χ1v) is 9.16. The van der Waals surface area contributed by atoms with Crippen molar-refractivity contribution in [3.05, 3.63) is 35.4 Å². The Balaban J connectivity index is 2.03. The lowest BCUT2D eigenvalue weighted by atomic mass is 9.98. The maximum absolute atomic E-state index is 12.5. The molecule has 1 aromatic carbocycles. The van der Waals surface area contributed by atoms with Crippen molar-refractivity contribution in [2.75, 3.05) is 0 Å². The van der Waals surface area contributed by atoms with E-state index in [0.717, 1.165) is 30.4 Å². The molecule has 0 bridgehead atoms. The molecule has 1 unspecified atom stereocenters. The van der Waals surface area contributed by atoms with E-state index in [1.54, 1.807) is 0 Å². The number of ether oxygens (including phenoxy) is 1. The summed E-state index contributed by atoms with van der Waals surface area (Å²) in [7, 11) is 0. The fourth-order valence-corrected chi connectivity index (χ4v) is 3.34. The van der Waals surface area contributed by atoms with E-state index in [0.29, 0.717) is 6.42 Å². The third-order valence-electron chi connectivity index (χ3n) is 4.72. The highest BCUT2D eigenvalue weighted by Gasteiger charge is 2.27. The van der Waals surface area contributed by atoms with Gasteiger partial charge >= 0.3 is 5.97 Å². The van der Waals surface area contributed by atoms with E-state index < -0.39 is 0 Å². The van der Waals surface area contributed by atoms with Crippen LogP contribution in [0.5, 0.6) is 0 Å². The summed E-state index contributed by atoms with van der Waals surface area (Å²) in [6, 6.07) is 7.59. The van der Waals surface area contributed by atoms with Crippen LogP contribution in [0.3, 0.4) is 0 Å². The fraction of sp³-hybridized carbons (Fsp3) is 0.600. The predicted octanol–water partition coefficient (Wildman–Crippen LogP) is 3.01. The third-order valence-corrected chi connectivity index (χ3v) is 4.72. The molecule has 0 aliphatic heterocycles. The molecule has 2 rings (SSSR count). The zero-order valence-corrected chi connectivity index (χ0v) is 15.5. The van der Waals surface area contributed by atoms with Crippen LogP contribution in [0.25, 0.3) is 0 Å². The summed E-state index contributed by atoms with van der Waals surface area (Å²) in [6.45, 7) is 5.64. The Morgan fingerprint density at radius 3 is 2.48 bits per heavy atom. The molecule has 1 aliphatic carbocycles. The molecule has 0 aromatic heterocycles. The summed E-state index contributed by atoms with van der Waals surface area (Å²) < 4.78 is 5.25. The molecule has 138 valence electrons. The van der Waals surface area contributed by atoms with Crippen LogP contribution in [0.15, 0.2) is 24.3 Å². The van der Waals surface area contributed by atoms with Crippen LogP contribution in [0.2, 0.25) is 0 Å². The van der Waals surface area contributed by atoms with Gasteiger partial charge in [-0.1, -0.05) is 36.2 Å². The quantitative estimate of drug-likeness (QED) is 0.744. The molecule has 25 heavy (non-hydrogen) atoms. The molecule has 5 nitrogen and oxygen atoms in total. The molecule has 1 saturated carbocycles. The largest absolute Gasteiger partial charge is 0.463 e. The number of rotatable bonds is 7. The predicted molar refractivity (Wildman–Crippen MR) is 97.8 cm³/mol. The van der Waals surface area contributed by atoms with E-state index in [-0.39, 0.29) is 42.4 Å². The van der Waals surface area contributed by atoms with Gasteiger partial charge in [-0.25, -0.2) is 0 Å². The topological polar surface area (TPSA) is 81.4 Å². The molecule has 1 amide bonds. The first-order valence-electron chi connectivity index (χ1n) is 9.16. The number of carbonyl (C=O) groups is 2. The highest BCUT2D eigenvalue weighted by molar-refractivity contribution is 5.78. The average Bonchev–Trinajstić information content (AvgIpc) is 2.91. The number of hydrogen-bond acceptors (Lipinski definition) is 4. The van der Waals surface area contributed by atoms with Crippen molar-refractivity contribution in [3.63, 3.8) is 0 Å². The number of esters is 1.